The third-order valence-corrected chi connectivity index (χ3v) is 4.64. The van der Waals surface area contributed by atoms with Gasteiger partial charge in [0.05, 0.1) is 24.0 Å². The first-order valence-electron chi connectivity index (χ1n) is 9.28. The zero-order valence-corrected chi connectivity index (χ0v) is 15.7. The molecule has 1 aliphatic carbocycles. The summed E-state index contributed by atoms with van der Waals surface area (Å²) in [5, 5.41) is 2.78. The Kier molecular flexibility index (Phi) is 6.06. The second-order valence-electron chi connectivity index (χ2n) is 6.70. The number of hydrogen-bond acceptors (Lipinski definition) is 4. The Bertz CT molecular complexity index is 790. The molecule has 142 valence electrons. The third kappa shape index (κ3) is 4.84. The summed E-state index contributed by atoms with van der Waals surface area (Å²) in [5.41, 5.74) is 1.45. The number of benzene rings is 1. The summed E-state index contributed by atoms with van der Waals surface area (Å²) in [6.45, 7) is 2.38. The normalized spacial score (nSPS) is 14.3. The predicted molar refractivity (Wildman–Crippen MR) is 103 cm³/mol. The molecule has 1 atom stereocenters. The van der Waals surface area contributed by atoms with Crippen LogP contribution >= 0.6 is 0 Å². The summed E-state index contributed by atoms with van der Waals surface area (Å²) in [4.78, 5) is 31.2. The molecular weight excluding hydrogens is 342 g/mol. The van der Waals surface area contributed by atoms with E-state index in [1.165, 1.54) is 0 Å². The molecular formula is C21H25N3O3. The van der Waals surface area contributed by atoms with Crippen LogP contribution in [0.15, 0.2) is 48.7 Å². The Hall–Kier alpha value is -2.89. The molecule has 1 unspecified atom stereocenters. The molecule has 0 aliphatic heterocycles. The van der Waals surface area contributed by atoms with E-state index in [-0.39, 0.29) is 24.3 Å². The van der Waals surface area contributed by atoms with Gasteiger partial charge in [-0.05, 0) is 49.9 Å². The van der Waals surface area contributed by atoms with Gasteiger partial charge >= 0.3 is 0 Å². The van der Waals surface area contributed by atoms with Gasteiger partial charge in [-0.25, -0.2) is 0 Å². The van der Waals surface area contributed by atoms with Crippen LogP contribution in [-0.4, -0.2) is 35.4 Å². The number of nitrogens with zero attached hydrogens (tertiary/aromatic N) is 2. The Morgan fingerprint density at radius 2 is 1.96 bits per heavy atom. The number of carbonyl (C=O) groups is 2. The summed E-state index contributed by atoms with van der Waals surface area (Å²) >= 11 is 0. The number of rotatable bonds is 8. The molecule has 1 aliphatic rings. The lowest BCUT2D eigenvalue weighted by Gasteiger charge is -2.28. The zero-order valence-electron chi connectivity index (χ0n) is 15.7. The fourth-order valence-electron chi connectivity index (χ4n) is 3.18. The first-order valence-corrected chi connectivity index (χ1v) is 9.28. The second-order valence-corrected chi connectivity index (χ2v) is 6.70. The molecule has 2 amide bonds. The van der Waals surface area contributed by atoms with Crippen LogP contribution in [-0.2, 0) is 9.59 Å². The van der Waals surface area contributed by atoms with Gasteiger partial charge in [0.2, 0.25) is 11.8 Å². The molecule has 6 heteroatoms. The predicted octanol–water partition coefficient (Wildman–Crippen LogP) is 3.42. The quantitative estimate of drug-likeness (QED) is 0.726. The molecule has 0 saturated heterocycles. The Labute approximate surface area is 159 Å². The van der Waals surface area contributed by atoms with Crippen molar-refractivity contribution in [2.75, 3.05) is 19.0 Å². The lowest BCUT2D eigenvalue weighted by Crippen LogP contribution is -2.35. The number of ether oxygens (including phenoxy) is 1. The number of amides is 2. The molecule has 1 heterocycles. The van der Waals surface area contributed by atoms with Crippen molar-refractivity contribution in [3.8, 4) is 5.75 Å². The average Bonchev–Trinajstić information content (AvgIpc) is 3.49. The maximum Gasteiger partial charge on any atom is 0.233 e. The summed E-state index contributed by atoms with van der Waals surface area (Å²) in [5.74, 6) is 0.438. The minimum absolute atomic E-state index is 0.0813. The van der Waals surface area contributed by atoms with E-state index in [9.17, 15) is 9.59 Å². The van der Waals surface area contributed by atoms with Crippen LogP contribution in [0, 0.1) is 5.92 Å². The second kappa shape index (κ2) is 8.66. The number of hydrogen-bond donors (Lipinski definition) is 1. The maximum atomic E-state index is 12.7. The lowest BCUT2D eigenvalue weighted by atomic mass is 10.1. The largest absolute Gasteiger partial charge is 0.492 e. The smallest absolute Gasteiger partial charge is 0.233 e. The number of anilines is 1. The molecule has 1 aromatic heterocycles. The van der Waals surface area contributed by atoms with Crippen LogP contribution in [0.4, 0.5) is 5.69 Å². The molecule has 0 bridgehead atoms. The van der Waals surface area contributed by atoms with E-state index in [0.29, 0.717) is 24.0 Å². The van der Waals surface area contributed by atoms with Gasteiger partial charge in [-0.1, -0.05) is 18.2 Å². The van der Waals surface area contributed by atoms with Gasteiger partial charge in [0.1, 0.15) is 12.2 Å². The van der Waals surface area contributed by atoms with Gasteiger partial charge in [-0.3, -0.25) is 14.6 Å². The van der Waals surface area contributed by atoms with Gasteiger partial charge in [0, 0.05) is 13.2 Å². The van der Waals surface area contributed by atoms with E-state index in [4.69, 9.17) is 4.74 Å². The molecule has 1 fully saturated rings. The number of nitrogens with one attached hydrogen (secondary N) is 1. The third-order valence-electron chi connectivity index (χ3n) is 4.64. The van der Waals surface area contributed by atoms with E-state index in [2.05, 4.69) is 10.3 Å². The molecule has 1 N–H and O–H groups in total. The van der Waals surface area contributed by atoms with Crippen LogP contribution < -0.4 is 10.1 Å². The number of para-hydroxylation sites is 2. The molecule has 3 rings (SSSR count). The minimum Gasteiger partial charge on any atom is -0.492 e. The summed E-state index contributed by atoms with van der Waals surface area (Å²) < 4.78 is 5.51. The van der Waals surface area contributed by atoms with Crippen molar-refractivity contribution in [2.24, 2.45) is 5.92 Å². The highest BCUT2D eigenvalue weighted by molar-refractivity contribution is 6.04. The fourth-order valence-corrected chi connectivity index (χ4v) is 3.18. The summed E-state index contributed by atoms with van der Waals surface area (Å²) in [7, 11) is 1.75. The number of pyridine rings is 1. The fraction of sp³-hybridized carbons (Fsp3) is 0.381. The Morgan fingerprint density at radius 3 is 2.63 bits per heavy atom. The van der Waals surface area contributed by atoms with E-state index in [0.717, 1.165) is 18.5 Å². The summed E-state index contributed by atoms with van der Waals surface area (Å²) in [6, 6.07) is 12.8. The highest BCUT2D eigenvalue weighted by Gasteiger charge is 2.37. The molecule has 27 heavy (non-hydrogen) atoms. The average molecular weight is 367 g/mol. The standard InChI is InChI=1S/C21H25N3O3/c1-3-27-18-10-5-4-8-16(18)23-19(25)14-20(26)24(2)21(15-11-12-15)17-9-6-7-13-22-17/h4-10,13,15,21H,3,11-12,14H2,1-2H3,(H,23,25). The highest BCUT2D eigenvalue weighted by Crippen LogP contribution is 2.43. The maximum absolute atomic E-state index is 12.7. The number of carbonyl (C=O) groups excluding carboxylic acids is 2. The van der Waals surface area contributed by atoms with Crippen molar-refractivity contribution in [3.05, 3.63) is 54.4 Å². The van der Waals surface area contributed by atoms with Crippen LogP contribution in [0.5, 0.6) is 5.75 Å². The van der Waals surface area contributed by atoms with Crippen LogP contribution in [0.2, 0.25) is 0 Å². The van der Waals surface area contributed by atoms with E-state index in [1.807, 2.05) is 37.3 Å². The monoisotopic (exact) mass is 367 g/mol. The van der Waals surface area contributed by atoms with Crippen LogP contribution in [0.1, 0.15) is 37.9 Å². The van der Waals surface area contributed by atoms with E-state index in [1.54, 1.807) is 30.3 Å². The molecule has 2 aromatic rings. The van der Waals surface area contributed by atoms with Gasteiger partial charge in [-0.2, -0.15) is 0 Å². The van der Waals surface area contributed by atoms with E-state index >= 15 is 0 Å². The van der Waals surface area contributed by atoms with Crippen LogP contribution in [0.25, 0.3) is 0 Å². The van der Waals surface area contributed by atoms with Crippen LogP contribution in [0.3, 0.4) is 0 Å². The minimum atomic E-state index is -0.352. The molecule has 1 saturated carbocycles. The van der Waals surface area contributed by atoms with Gasteiger partial charge in [-0.15, -0.1) is 0 Å². The van der Waals surface area contributed by atoms with Crippen molar-refractivity contribution in [1.29, 1.82) is 0 Å². The zero-order chi connectivity index (χ0) is 19.2. The van der Waals surface area contributed by atoms with Crippen molar-refractivity contribution >= 4 is 17.5 Å². The lowest BCUT2D eigenvalue weighted by molar-refractivity contribution is -0.135. The Balaban J connectivity index is 1.64. The van der Waals surface area contributed by atoms with Gasteiger partial charge in [0.15, 0.2) is 0 Å². The van der Waals surface area contributed by atoms with Gasteiger partial charge in [0.25, 0.3) is 0 Å². The van der Waals surface area contributed by atoms with Gasteiger partial charge < -0.3 is 15.0 Å². The van der Waals surface area contributed by atoms with Crippen molar-refractivity contribution in [2.45, 2.75) is 32.2 Å². The Morgan fingerprint density at radius 1 is 1.22 bits per heavy atom. The van der Waals surface area contributed by atoms with Crippen molar-refractivity contribution < 1.29 is 14.3 Å². The molecule has 1 aromatic carbocycles. The van der Waals surface area contributed by atoms with Crippen molar-refractivity contribution in [3.63, 3.8) is 0 Å². The van der Waals surface area contributed by atoms with Crippen molar-refractivity contribution in [1.82, 2.24) is 9.88 Å². The molecule has 0 radical (unpaired) electrons. The van der Waals surface area contributed by atoms with E-state index < -0.39 is 0 Å². The molecule has 0 spiro atoms. The molecule has 6 nitrogen and oxygen atoms in total. The summed E-state index contributed by atoms with van der Waals surface area (Å²) in [6.07, 6.45) is 3.67. The highest BCUT2D eigenvalue weighted by atomic mass is 16.5. The SMILES string of the molecule is CCOc1ccccc1NC(=O)CC(=O)N(C)C(c1ccccn1)C1CC1. The topological polar surface area (TPSA) is 71.5 Å². The number of aromatic nitrogens is 1. The first kappa shape index (κ1) is 18.9. The first-order chi connectivity index (χ1) is 13.1.